The number of anilines is 4. The van der Waals surface area contributed by atoms with Gasteiger partial charge >= 0.3 is 0 Å². The van der Waals surface area contributed by atoms with Crippen LogP contribution in [0.3, 0.4) is 0 Å². The van der Waals surface area contributed by atoms with Gasteiger partial charge in [0.1, 0.15) is 0 Å². The molecule has 1 aliphatic rings. The van der Waals surface area contributed by atoms with Crippen molar-refractivity contribution in [3.63, 3.8) is 0 Å². The normalized spacial score (nSPS) is 12.8. The van der Waals surface area contributed by atoms with Crippen LogP contribution in [0, 0.1) is 0 Å². The minimum atomic E-state index is -0.162. The number of halogens is 1. The number of aryl methyl sites for hydroxylation is 1. The summed E-state index contributed by atoms with van der Waals surface area (Å²) in [7, 11) is 3.38. The van der Waals surface area contributed by atoms with Crippen LogP contribution in [-0.4, -0.2) is 44.3 Å². The number of carbonyl (C=O) groups excluding carboxylic acids is 1. The lowest BCUT2D eigenvalue weighted by atomic mass is 10.1. The van der Waals surface area contributed by atoms with E-state index in [0.717, 1.165) is 11.4 Å². The fourth-order valence-electron chi connectivity index (χ4n) is 3.82. The highest BCUT2D eigenvalue weighted by atomic mass is 35.5. The van der Waals surface area contributed by atoms with Gasteiger partial charge in [0.15, 0.2) is 5.75 Å². The summed E-state index contributed by atoms with van der Waals surface area (Å²) in [4.78, 5) is 25.1. The number of ether oxygens (including phenoxy) is 1. The van der Waals surface area contributed by atoms with E-state index in [0.29, 0.717) is 58.0 Å². The molecule has 4 N–H and O–H groups in total. The zero-order chi connectivity index (χ0) is 22.9. The highest BCUT2D eigenvalue weighted by Crippen LogP contribution is 2.40. The Morgan fingerprint density at radius 2 is 2.12 bits per heavy atom. The van der Waals surface area contributed by atoms with Gasteiger partial charge in [-0.15, -0.1) is 0 Å². The highest BCUT2D eigenvalue weighted by molar-refractivity contribution is 6.32. The molecule has 0 atom stereocenters. The number of aromatic amines is 1. The minimum Gasteiger partial charge on any atom is -0.493 e. The first kappa shape index (κ1) is 20.8. The zero-order valence-corrected chi connectivity index (χ0v) is 18.7. The molecule has 0 spiro atoms. The number of aromatic nitrogens is 5. The Hall–Kier alpha value is -4.05. The standard InChI is InChI=1S/C22H21ClN8O2/c1-31-11-12(10-26-31)27-22-25-9-7-15(30-22)18-19(17-14(28-18)6-8-24-21(17)32)29-16-5-3-4-13(23)20(16)33-2/h3-5,7,9-11,28-29H,6,8H2,1-2H3,(H,24,32)(H,25,27,30). The molecule has 0 unspecified atom stereocenters. The van der Waals surface area contributed by atoms with E-state index in [-0.39, 0.29) is 5.91 Å². The molecule has 4 aromatic rings. The second-order valence-electron chi connectivity index (χ2n) is 7.47. The highest BCUT2D eigenvalue weighted by Gasteiger charge is 2.28. The van der Waals surface area contributed by atoms with Crippen LogP contribution in [0.2, 0.25) is 5.02 Å². The Morgan fingerprint density at radius 3 is 2.91 bits per heavy atom. The van der Waals surface area contributed by atoms with Gasteiger partial charge < -0.3 is 25.7 Å². The van der Waals surface area contributed by atoms with Gasteiger partial charge in [-0.05, 0) is 18.2 Å². The largest absolute Gasteiger partial charge is 0.493 e. The monoisotopic (exact) mass is 464 g/mol. The van der Waals surface area contributed by atoms with Crippen molar-refractivity contribution in [2.24, 2.45) is 7.05 Å². The molecule has 3 aromatic heterocycles. The number of methoxy groups -OCH3 is 1. The zero-order valence-electron chi connectivity index (χ0n) is 17.9. The van der Waals surface area contributed by atoms with Gasteiger partial charge in [-0.1, -0.05) is 17.7 Å². The quantitative estimate of drug-likeness (QED) is 0.343. The number of rotatable bonds is 6. The van der Waals surface area contributed by atoms with Crippen LogP contribution in [0.1, 0.15) is 16.1 Å². The summed E-state index contributed by atoms with van der Waals surface area (Å²) in [5.74, 6) is 0.728. The minimum absolute atomic E-state index is 0.162. The molecule has 11 heteroatoms. The SMILES string of the molecule is COc1c(Cl)cccc1Nc1c(-c2ccnc(Nc3cnn(C)c3)n2)[nH]c2c1C(=O)NCC2. The summed E-state index contributed by atoms with van der Waals surface area (Å²) in [5, 5.41) is 14.0. The third kappa shape index (κ3) is 3.96. The first-order chi connectivity index (χ1) is 16.0. The average molecular weight is 465 g/mol. The molecular formula is C22H21ClN8O2. The number of para-hydroxylation sites is 1. The molecule has 0 saturated heterocycles. The van der Waals surface area contributed by atoms with E-state index in [1.165, 1.54) is 0 Å². The molecule has 0 saturated carbocycles. The molecule has 1 aromatic carbocycles. The van der Waals surface area contributed by atoms with Gasteiger partial charge in [0.25, 0.3) is 5.91 Å². The molecule has 0 radical (unpaired) electrons. The third-order valence-electron chi connectivity index (χ3n) is 5.27. The van der Waals surface area contributed by atoms with Crippen molar-refractivity contribution < 1.29 is 9.53 Å². The van der Waals surface area contributed by atoms with E-state index in [2.05, 4.69) is 36.0 Å². The van der Waals surface area contributed by atoms with Crippen LogP contribution in [0.25, 0.3) is 11.4 Å². The van der Waals surface area contributed by atoms with E-state index in [9.17, 15) is 4.79 Å². The first-order valence-corrected chi connectivity index (χ1v) is 10.6. The molecule has 0 bridgehead atoms. The van der Waals surface area contributed by atoms with Crippen molar-refractivity contribution in [1.82, 2.24) is 30.0 Å². The number of hydrogen-bond donors (Lipinski definition) is 4. The van der Waals surface area contributed by atoms with E-state index in [4.69, 9.17) is 16.3 Å². The summed E-state index contributed by atoms with van der Waals surface area (Å²) in [6, 6.07) is 7.17. The molecule has 33 heavy (non-hydrogen) atoms. The van der Waals surface area contributed by atoms with E-state index >= 15 is 0 Å². The fourth-order valence-corrected chi connectivity index (χ4v) is 4.07. The number of nitrogens with zero attached hydrogens (tertiary/aromatic N) is 4. The lowest BCUT2D eigenvalue weighted by molar-refractivity contribution is 0.0947. The van der Waals surface area contributed by atoms with E-state index in [1.807, 2.05) is 25.4 Å². The second-order valence-corrected chi connectivity index (χ2v) is 7.88. The lowest BCUT2D eigenvalue weighted by Gasteiger charge is -2.17. The van der Waals surface area contributed by atoms with Gasteiger partial charge in [0.2, 0.25) is 5.95 Å². The predicted octanol–water partition coefficient (Wildman–Crippen LogP) is 3.64. The Bertz CT molecular complexity index is 1350. The molecule has 10 nitrogen and oxygen atoms in total. The Balaban J connectivity index is 1.59. The van der Waals surface area contributed by atoms with E-state index < -0.39 is 0 Å². The molecule has 5 rings (SSSR count). The summed E-state index contributed by atoms with van der Waals surface area (Å²) < 4.78 is 7.16. The van der Waals surface area contributed by atoms with Crippen LogP contribution >= 0.6 is 11.6 Å². The lowest BCUT2D eigenvalue weighted by Crippen LogP contribution is -2.31. The Labute approximate surface area is 194 Å². The van der Waals surface area contributed by atoms with Gasteiger partial charge in [-0.3, -0.25) is 9.48 Å². The number of carbonyl (C=O) groups is 1. The Morgan fingerprint density at radius 1 is 1.24 bits per heavy atom. The van der Waals surface area contributed by atoms with Gasteiger partial charge in [0, 0.05) is 38.1 Å². The number of H-pyrrole nitrogens is 1. The number of nitrogens with one attached hydrogen (secondary N) is 4. The maximum absolute atomic E-state index is 12.8. The molecule has 4 heterocycles. The number of hydrogen-bond acceptors (Lipinski definition) is 7. The molecule has 1 amide bonds. The van der Waals surface area contributed by atoms with Crippen molar-refractivity contribution in [3.05, 3.63) is 59.1 Å². The summed E-state index contributed by atoms with van der Waals surface area (Å²) in [5.41, 5.74) is 4.64. The topological polar surface area (TPSA) is 122 Å². The number of benzene rings is 1. The van der Waals surface area contributed by atoms with Gasteiger partial charge in [-0.2, -0.15) is 5.10 Å². The molecule has 0 aliphatic carbocycles. The van der Waals surface area contributed by atoms with Crippen LogP contribution in [0.4, 0.5) is 23.0 Å². The number of amides is 1. The molecule has 1 aliphatic heterocycles. The fraction of sp³-hybridized carbons (Fsp3) is 0.182. The molecular weight excluding hydrogens is 444 g/mol. The summed E-state index contributed by atoms with van der Waals surface area (Å²) >= 11 is 6.31. The van der Waals surface area contributed by atoms with Crippen molar-refractivity contribution in [2.75, 3.05) is 24.3 Å². The predicted molar refractivity (Wildman–Crippen MR) is 126 cm³/mol. The second kappa shape index (κ2) is 8.47. The molecule has 168 valence electrons. The maximum Gasteiger partial charge on any atom is 0.255 e. The van der Waals surface area contributed by atoms with Crippen LogP contribution in [-0.2, 0) is 13.5 Å². The summed E-state index contributed by atoms with van der Waals surface area (Å²) in [6.07, 6.45) is 5.84. The van der Waals surface area contributed by atoms with Crippen molar-refractivity contribution >= 4 is 40.5 Å². The number of fused-ring (bicyclic) bond motifs is 1. The van der Waals surface area contributed by atoms with Crippen LogP contribution < -0.4 is 20.7 Å². The van der Waals surface area contributed by atoms with Gasteiger partial charge in [0.05, 0.1) is 52.3 Å². The van der Waals surface area contributed by atoms with E-state index in [1.54, 1.807) is 36.3 Å². The Kier molecular flexibility index (Phi) is 5.35. The average Bonchev–Trinajstić information content (AvgIpc) is 3.38. The third-order valence-corrected chi connectivity index (χ3v) is 5.57. The molecule has 0 fully saturated rings. The summed E-state index contributed by atoms with van der Waals surface area (Å²) in [6.45, 7) is 0.559. The van der Waals surface area contributed by atoms with Crippen LogP contribution in [0.5, 0.6) is 5.75 Å². The van der Waals surface area contributed by atoms with Crippen molar-refractivity contribution in [1.29, 1.82) is 0 Å². The van der Waals surface area contributed by atoms with Crippen LogP contribution in [0.15, 0.2) is 42.9 Å². The smallest absolute Gasteiger partial charge is 0.255 e. The maximum atomic E-state index is 12.8. The van der Waals surface area contributed by atoms with Gasteiger partial charge in [-0.25, -0.2) is 9.97 Å². The van der Waals surface area contributed by atoms with Crippen molar-refractivity contribution in [3.8, 4) is 17.1 Å². The first-order valence-electron chi connectivity index (χ1n) is 10.2. The van der Waals surface area contributed by atoms with Crippen molar-refractivity contribution in [2.45, 2.75) is 6.42 Å².